The highest BCUT2D eigenvalue weighted by atomic mass is 14.8. The molecule has 2 heteroatoms. The molecule has 0 fully saturated rings. The highest BCUT2D eigenvalue weighted by molar-refractivity contribution is 5.87. The summed E-state index contributed by atoms with van der Waals surface area (Å²) in [6.07, 6.45) is 1.79. The molecule has 0 bridgehead atoms. The fraction of sp³-hybridized carbons (Fsp3) is 0.0667. The Morgan fingerprint density at radius 3 is 2.53 bits per heavy atom. The second-order valence-electron chi connectivity index (χ2n) is 4.03. The molecule has 0 amide bonds. The molecule has 0 unspecified atom stereocenters. The van der Waals surface area contributed by atoms with Gasteiger partial charge in [-0.1, -0.05) is 30.3 Å². The van der Waals surface area contributed by atoms with Gasteiger partial charge < -0.3 is 0 Å². The van der Waals surface area contributed by atoms with Crippen molar-refractivity contribution < 1.29 is 0 Å². The topological polar surface area (TPSA) is 25.8 Å². The smallest absolute Gasteiger partial charge is 0.0895 e. The van der Waals surface area contributed by atoms with E-state index < -0.39 is 0 Å². The maximum atomic E-state index is 4.61. The molecular weight excluding hydrogens is 208 g/mol. The number of aryl methyl sites for hydroxylation is 1. The zero-order chi connectivity index (χ0) is 11.7. The van der Waals surface area contributed by atoms with Crippen LogP contribution in [0.3, 0.4) is 0 Å². The summed E-state index contributed by atoms with van der Waals surface area (Å²) in [5, 5.41) is 2.41. The van der Waals surface area contributed by atoms with Crippen LogP contribution >= 0.6 is 0 Å². The quantitative estimate of drug-likeness (QED) is 0.626. The number of pyridine rings is 2. The molecule has 0 spiro atoms. The Balaban J connectivity index is 2.26. The Bertz CT molecular complexity index is 660. The van der Waals surface area contributed by atoms with Crippen LogP contribution in [0.1, 0.15) is 5.69 Å². The molecule has 0 radical (unpaired) electrons. The molecule has 0 aliphatic heterocycles. The lowest BCUT2D eigenvalue weighted by molar-refractivity contribution is 1.20. The number of hydrogen-bond acceptors (Lipinski definition) is 2. The third-order valence-corrected chi connectivity index (χ3v) is 2.86. The molecule has 0 saturated heterocycles. The lowest BCUT2D eigenvalue weighted by Crippen LogP contribution is -1.90. The minimum Gasteiger partial charge on any atom is -0.255 e. The van der Waals surface area contributed by atoms with E-state index in [-0.39, 0.29) is 0 Å². The normalized spacial score (nSPS) is 10.6. The Kier molecular flexibility index (Phi) is 2.33. The fourth-order valence-corrected chi connectivity index (χ4v) is 2.02. The molecule has 0 atom stereocenters. The maximum absolute atomic E-state index is 4.61. The van der Waals surface area contributed by atoms with Gasteiger partial charge in [0.2, 0.25) is 0 Å². The zero-order valence-electron chi connectivity index (χ0n) is 9.59. The van der Waals surface area contributed by atoms with Gasteiger partial charge in [0, 0.05) is 17.3 Å². The number of aromatic nitrogens is 2. The third-order valence-electron chi connectivity index (χ3n) is 2.86. The van der Waals surface area contributed by atoms with E-state index in [1.165, 1.54) is 10.8 Å². The Morgan fingerprint density at radius 2 is 1.71 bits per heavy atom. The number of rotatable bonds is 1. The molecular formula is C15H12N2. The molecule has 82 valence electrons. The van der Waals surface area contributed by atoms with Crippen LogP contribution in [0.4, 0.5) is 0 Å². The molecule has 0 saturated carbocycles. The van der Waals surface area contributed by atoms with Gasteiger partial charge in [-0.3, -0.25) is 9.97 Å². The van der Waals surface area contributed by atoms with Gasteiger partial charge in [-0.05, 0) is 30.5 Å². The van der Waals surface area contributed by atoms with Gasteiger partial charge in [0.05, 0.1) is 11.4 Å². The number of benzene rings is 1. The summed E-state index contributed by atoms with van der Waals surface area (Å²) in [5.41, 5.74) is 2.90. The molecule has 0 aliphatic carbocycles. The van der Waals surface area contributed by atoms with Gasteiger partial charge in [-0.15, -0.1) is 0 Å². The van der Waals surface area contributed by atoms with Crippen LogP contribution in [0, 0.1) is 6.92 Å². The van der Waals surface area contributed by atoms with Crippen molar-refractivity contribution in [3.63, 3.8) is 0 Å². The molecule has 2 heterocycles. The van der Waals surface area contributed by atoms with Crippen molar-refractivity contribution in [3.8, 4) is 11.4 Å². The van der Waals surface area contributed by atoms with Crippen molar-refractivity contribution in [3.05, 3.63) is 60.4 Å². The summed E-state index contributed by atoms with van der Waals surface area (Å²) in [7, 11) is 0. The van der Waals surface area contributed by atoms with Crippen molar-refractivity contribution in [1.82, 2.24) is 9.97 Å². The van der Waals surface area contributed by atoms with Crippen molar-refractivity contribution in [2.75, 3.05) is 0 Å². The SMILES string of the molecule is Cc1nc(-c2ccccn2)cc2ccccc12. The average molecular weight is 220 g/mol. The Morgan fingerprint density at radius 1 is 0.882 bits per heavy atom. The molecule has 2 aromatic heterocycles. The van der Waals surface area contributed by atoms with E-state index in [9.17, 15) is 0 Å². The molecule has 1 aromatic carbocycles. The van der Waals surface area contributed by atoms with Gasteiger partial charge in [-0.25, -0.2) is 0 Å². The van der Waals surface area contributed by atoms with Crippen LogP contribution in [0.5, 0.6) is 0 Å². The van der Waals surface area contributed by atoms with Crippen molar-refractivity contribution in [2.45, 2.75) is 6.92 Å². The number of nitrogens with zero attached hydrogens (tertiary/aromatic N) is 2. The van der Waals surface area contributed by atoms with E-state index in [1.54, 1.807) is 6.20 Å². The number of fused-ring (bicyclic) bond motifs is 1. The second kappa shape index (κ2) is 3.98. The monoisotopic (exact) mass is 220 g/mol. The summed E-state index contributed by atoms with van der Waals surface area (Å²) >= 11 is 0. The van der Waals surface area contributed by atoms with E-state index in [2.05, 4.69) is 28.2 Å². The van der Waals surface area contributed by atoms with Crippen molar-refractivity contribution in [2.24, 2.45) is 0 Å². The van der Waals surface area contributed by atoms with Crippen LogP contribution in [-0.2, 0) is 0 Å². The highest BCUT2D eigenvalue weighted by Gasteiger charge is 2.04. The van der Waals surface area contributed by atoms with Crippen molar-refractivity contribution >= 4 is 10.8 Å². The molecule has 17 heavy (non-hydrogen) atoms. The first-order valence-electron chi connectivity index (χ1n) is 5.62. The predicted octanol–water partition coefficient (Wildman–Crippen LogP) is 3.61. The van der Waals surface area contributed by atoms with Gasteiger partial charge in [0.25, 0.3) is 0 Å². The van der Waals surface area contributed by atoms with Crippen LogP contribution in [-0.4, -0.2) is 9.97 Å². The maximum Gasteiger partial charge on any atom is 0.0895 e. The fourth-order valence-electron chi connectivity index (χ4n) is 2.02. The first kappa shape index (κ1) is 9.97. The van der Waals surface area contributed by atoms with Crippen LogP contribution in [0.15, 0.2) is 54.7 Å². The molecule has 0 N–H and O–H groups in total. The predicted molar refractivity (Wildman–Crippen MR) is 69.7 cm³/mol. The summed E-state index contributed by atoms with van der Waals surface area (Å²) in [4.78, 5) is 8.94. The van der Waals surface area contributed by atoms with Gasteiger partial charge >= 0.3 is 0 Å². The van der Waals surface area contributed by atoms with E-state index in [4.69, 9.17) is 0 Å². The first-order chi connectivity index (χ1) is 8.34. The Hall–Kier alpha value is -2.22. The van der Waals surface area contributed by atoms with Crippen LogP contribution in [0.25, 0.3) is 22.2 Å². The summed E-state index contributed by atoms with van der Waals surface area (Å²) < 4.78 is 0. The van der Waals surface area contributed by atoms with E-state index in [1.807, 2.05) is 37.3 Å². The zero-order valence-corrected chi connectivity index (χ0v) is 9.59. The third kappa shape index (κ3) is 1.78. The summed E-state index contributed by atoms with van der Waals surface area (Å²) in [5.74, 6) is 0. The summed E-state index contributed by atoms with van der Waals surface area (Å²) in [6.45, 7) is 2.04. The molecule has 3 rings (SSSR count). The molecule has 2 nitrogen and oxygen atoms in total. The largest absolute Gasteiger partial charge is 0.255 e. The molecule has 3 aromatic rings. The average Bonchev–Trinajstić information content (AvgIpc) is 2.40. The molecule has 0 aliphatic rings. The highest BCUT2D eigenvalue weighted by Crippen LogP contribution is 2.22. The van der Waals surface area contributed by atoms with Gasteiger partial charge in [0.1, 0.15) is 0 Å². The van der Waals surface area contributed by atoms with Crippen LogP contribution < -0.4 is 0 Å². The lowest BCUT2D eigenvalue weighted by Gasteiger charge is -2.05. The van der Waals surface area contributed by atoms with E-state index in [0.29, 0.717) is 0 Å². The van der Waals surface area contributed by atoms with Crippen molar-refractivity contribution in [1.29, 1.82) is 0 Å². The minimum absolute atomic E-state index is 0.918. The lowest BCUT2D eigenvalue weighted by atomic mass is 10.1. The second-order valence-corrected chi connectivity index (χ2v) is 4.03. The first-order valence-corrected chi connectivity index (χ1v) is 5.62. The van der Waals surface area contributed by atoms with Gasteiger partial charge in [-0.2, -0.15) is 0 Å². The number of hydrogen-bond donors (Lipinski definition) is 0. The minimum atomic E-state index is 0.918. The van der Waals surface area contributed by atoms with E-state index in [0.717, 1.165) is 17.1 Å². The van der Waals surface area contributed by atoms with Crippen LogP contribution in [0.2, 0.25) is 0 Å². The summed E-state index contributed by atoms with van der Waals surface area (Å²) in [6, 6.07) is 16.3. The van der Waals surface area contributed by atoms with Gasteiger partial charge in [0.15, 0.2) is 0 Å². The standard InChI is InChI=1S/C15H12N2/c1-11-13-7-3-2-6-12(13)10-15(17-11)14-8-4-5-9-16-14/h2-10H,1H3. The van der Waals surface area contributed by atoms with E-state index >= 15 is 0 Å². The Labute approximate surface area is 100.0 Å².